The molecule has 1 amide bonds. The molecule has 7 heteroatoms. The lowest BCUT2D eigenvalue weighted by Crippen LogP contribution is -2.38. The van der Waals surface area contributed by atoms with Gasteiger partial charge in [0.1, 0.15) is 0 Å². The number of rotatable bonds is 3. The van der Waals surface area contributed by atoms with Crippen molar-refractivity contribution in [2.24, 2.45) is 0 Å². The first-order valence-electron chi connectivity index (χ1n) is 7.63. The molecule has 3 heterocycles. The third kappa shape index (κ3) is 2.79. The largest absolute Gasteiger partial charge is 0.348 e. The molecular weight excluding hydrogens is 310 g/mol. The van der Waals surface area contributed by atoms with E-state index in [1.807, 2.05) is 18.3 Å². The van der Waals surface area contributed by atoms with Crippen molar-refractivity contribution in [3.8, 4) is 10.6 Å². The molecule has 0 saturated carbocycles. The van der Waals surface area contributed by atoms with Crippen LogP contribution in [0.2, 0.25) is 0 Å². The van der Waals surface area contributed by atoms with Crippen molar-refractivity contribution in [1.82, 2.24) is 25.7 Å². The fourth-order valence-electron chi connectivity index (χ4n) is 2.94. The fraction of sp³-hybridized carbons (Fsp3) is 0.312. The Morgan fingerprint density at radius 1 is 1.39 bits per heavy atom. The van der Waals surface area contributed by atoms with Crippen LogP contribution in [-0.4, -0.2) is 32.3 Å². The maximum absolute atomic E-state index is 12.4. The normalized spacial score (nSPS) is 17.0. The van der Waals surface area contributed by atoms with Gasteiger partial charge in [-0.2, -0.15) is 10.2 Å². The molecule has 1 aliphatic rings. The topological polar surface area (TPSA) is 86.5 Å². The monoisotopic (exact) mass is 327 g/mol. The van der Waals surface area contributed by atoms with E-state index >= 15 is 0 Å². The average molecular weight is 327 g/mol. The summed E-state index contributed by atoms with van der Waals surface area (Å²) in [6.45, 7) is 2.06. The number of nitrogens with zero attached hydrogens (tertiary/aromatic N) is 2. The Hall–Kier alpha value is -2.41. The molecule has 0 fully saturated rings. The molecule has 118 valence electrons. The van der Waals surface area contributed by atoms with E-state index in [4.69, 9.17) is 0 Å². The van der Waals surface area contributed by atoms with Gasteiger partial charge in [0.05, 0.1) is 16.8 Å². The summed E-state index contributed by atoms with van der Waals surface area (Å²) in [6.07, 6.45) is 4.50. The highest BCUT2D eigenvalue weighted by molar-refractivity contribution is 7.15. The Labute approximate surface area is 137 Å². The maximum Gasteiger partial charge on any atom is 0.272 e. The number of hydrogen-bond acceptors (Lipinski definition) is 4. The molecule has 3 N–H and O–H groups in total. The Morgan fingerprint density at radius 2 is 2.30 bits per heavy atom. The van der Waals surface area contributed by atoms with E-state index in [1.54, 1.807) is 11.3 Å². The number of H-pyrrole nitrogens is 2. The van der Waals surface area contributed by atoms with Gasteiger partial charge in [-0.05, 0) is 49.9 Å². The summed E-state index contributed by atoms with van der Waals surface area (Å²) in [5.74, 6) is -0.127. The average Bonchev–Trinajstić information content (AvgIpc) is 3.26. The number of aromatic nitrogens is 4. The summed E-state index contributed by atoms with van der Waals surface area (Å²) in [7, 11) is 0. The number of thiophene rings is 1. The molecule has 4 rings (SSSR count). The molecular formula is C16H17N5OS. The number of aryl methyl sites for hydroxylation is 2. The minimum Gasteiger partial charge on any atom is -0.348 e. The number of fused-ring (bicyclic) bond motifs is 1. The summed E-state index contributed by atoms with van der Waals surface area (Å²) >= 11 is 1.68. The molecule has 0 radical (unpaired) electrons. The van der Waals surface area contributed by atoms with Gasteiger partial charge in [-0.1, -0.05) is 0 Å². The summed E-state index contributed by atoms with van der Waals surface area (Å²) in [6, 6.07) is 6.05. The van der Waals surface area contributed by atoms with Gasteiger partial charge in [-0.25, -0.2) is 0 Å². The summed E-state index contributed by atoms with van der Waals surface area (Å²) < 4.78 is 0. The van der Waals surface area contributed by atoms with E-state index in [-0.39, 0.29) is 11.9 Å². The Bertz CT molecular complexity index is 846. The molecule has 6 nitrogen and oxygen atoms in total. The summed E-state index contributed by atoms with van der Waals surface area (Å²) in [5.41, 5.74) is 3.70. The Balaban J connectivity index is 1.45. The lowest BCUT2D eigenvalue weighted by molar-refractivity contribution is 0.0928. The molecule has 0 bridgehead atoms. The van der Waals surface area contributed by atoms with E-state index in [9.17, 15) is 4.79 Å². The van der Waals surface area contributed by atoms with Gasteiger partial charge in [-0.3, -0.25) is 15.0 Å². The maximum atomic E-state index is 12.4. The third-order valence-electron chi connectivity index (χ3n) is 4.17. The first-order chi connectivity index (χ1) is 11.2. The van der Waals surface area contributed by atoms with Crippen molar-refractivity contribution in [2.45, 2.75) is 32.2 Å². The smallest absolute Gasteiger partial charge is 0.272 e. The molecule has 0 saturated heterocycles. The molecule has 1 atom stereocenters. The van der Waals surface area contributed by atoms with Crippen LogP contribution in [0.15, 0.2) is 24.4 Å². The van der Waals surface area contributed by atoms with Crippen LogP contribution in [-0.2, 0) is 12.8 Å². The van der Waals surface area contributed by atoms with Crippen molar-refractivity contribution in [2.75, 3.05) is 0 Å². The number of carbonyl (C=O) groups is 1. The lowest BCUT2D eigenvalue weighted by atomic mass is 9.93. The molecule has 23 heavy (non-hydrogen) atoms. The van der Waals surface area contributed by atoms with Gasteiger partial charge in [0.2, 0.25) is 0 Å². The van der Waals surface area contributed by atoms with E-state index in [1.165, 1.54) is 16.1 Å². The Morgan fingerprint density at radius 3 is 3.13 bits per heavy atom. The van der Waals surface area contributed by atoms with Crippen LogP contribution in [0, 0.1) is 6.92 Å². The highest BCUT2D eigenvalue weighted by Crippen LogP contribution is 2.26. The fourth-order valence-corrected chi connectivity index (χ4v) is 3.78. The first-order valence-corrected chi connectivity index (χ1v) is 8.45. The van der Waals surface area contributed by atoms with E-state index in [2.05, 4.69) is 38.7 Å². The van der Waals surface area contributed by atoms with E-state index in [0.717, 1.165) is 29.8 Å². The molecule has 0 unspecified atom stereocenters. The van der Waals surface area contributed by atoms with Gasteiger partial charge in [0, 0.05) is 16.6 Å². The lowest BCUT2D eigenvalue weighted by Gasteiger charge is -2.22. The van der Waals surface area contributed by atoms with Crippen molar-refractivity contribution < 1.29 is 4.79 Å². The van der Waals surface area contributed by atoms with Gasteiger partial charge in [0.25, 0.3) is 5.91 Å². The van der Waals surface area contributed by atoms with Crippen LogP contribution in [0.4, 0.5) is 0 Å². The predicted molar refractivity (Wildman–Crippen MR) is 88.5 cm³/mol. The van der Waals surface area contributed by atoms with Crippen LogP contribution in [0.1, 0.15) is 33.0 Å². The highest BCUT2D eigenvalue weighted by Gasteiger charge is 2.23. The summed E-state index contributed by atoms with van der Waals surface area (Å²) in [4.78, 5) is 14.7. The zero-order valence-electron chi connectivity index (χ0n) is 12.7. The van der Waals surface area contributed by atoms with Crippen LogP contribution in [0.25, 0.3) is 10.6 Å². The number of aromatic amines is 2. The van der Waals surface area contributed by atoms with Crippen molar-refractivity contribution in [1.29, 1.82) is 0 Å². The van der Waals surface area contributed by atoms with Gasteiger partial charge >= 0.3 is 0 Å². The van der Waals surface area contributed by atoms with Gasteiger partial charge in [-0.15, -0.1) is 11.3 Å². The van der Waals surface area contributed by atoms with Crippen molar-refractivity contribution >= 4 is 17.2 Å². The number of nitrogens with one attached hydrogen (secondary N) is 3. The number of amides is 1. The van der Waals surface area contributed by atoms with Crippen molar-refractivity contribution in [3.63, 3.8) is 0 Å². The minimum atomic E-state index is -0.127. The standard InChI is InChI=1S/C16H17N5OS/c1-9-2-5-15(23-9)13-7-14(21-20-13)16(22)18-11-3-4-12-10(6-11)8-17-19-12/h2,5,7-8,11H,3-4,6H2,1H3,(H,17,19)(H,18,22)(H,20,21)/t11-/m1/s1. The van der Waals surface area contributed by atoms with Crippen LogP contribution in [0.5, 0.6) is 0 Å². The van der Waals surface area contributed by atoms with Crippen LogP contribution >= 0.6 is 11.3 Å². The second kappa shape index (κ2) is 5.66. The van der Waals surface area contributed by atoms with Gasteiger partial charge in [0.15, 0.2) is 5.69 Å². The van der Waals surface area contributed by atoms with Crippen molar-refractivity contribution in [3.05, 3.63) is 46.2 Å². The summed E-state index contributed by atoms with van der Waals surface area (Å²) in [5, 5.41) is 17.2. The zero-order valence-corrected chi connectivity index (χ0v) is 13.5. The zero-order chi connectivity index (χ0) is 15.8. The number of hydrogen-bond donors (Lipinski definition) is 3. The predicted octanol–water partition coefficient (Wildman–Crippen LogP) is 2.46. The second-order valence-corrected chi connectivity index (χ2v) is 7.15. The molecule has 3 aromatic rings. The minimum absolute atomic E-state index is 0.127. The Kier molecular flexibility index (Phi) is 3.49. The van der Waals surface area contributed by atoms with Crippen LogP contribution < -0.4 is 5.32 Å². The molecule has 0 aromatic carbocycles. The highest BCUT2D eigenvalue weighted by atomic mass is 32.1. The SMILES string of the molecule is Cc1ccc(-c2cc(C(=O)N[C@@H]3CCc4[nH]ncc4C3)n[nH]2)s1. The van der Waals surface area contributed by atoms with E-state index < -0.39 is 0 Å². The molecule has 0 spiro atoms. The molecule has 0 aliphatic heterocycles. The van der Waals surface area contributed by atoms with Gasteiger partial charge < -0.3 is 5.32 Å². The number of carbonyl (C=O) groups excluding carboxylic acids is 1. The molecule has 1 aliphatic carbocycles. The first kappa shape index (κ1) is 14.2. The van der Waals surface area contributed by atoms with E-state index in [0.29, 0.717) is 5.69 Å². The molecule has 3 aromatic heterocycles. The van der Waals surface area contributed by atoms with Crippen LogP contribution in [0.3, 0.4) is 0 Å². The quantitative estimate of drug-likeness (QED) is 0.690. The second-order valence-electron chi connectivity index (χ2n) is 5.86. The third-order valence-corrected chi connectivity index (χ3v) is 5.20.